The zero-order chi connectivity index (χ0) is 11.0. The summed E-state index contributed by atoms with van der Waals surface area (Å²) in [4.78, 5) is 8.62. The minimum absolute atomic E-state index is 0.541. The van der Waals surface area contributed by atoms with Crippen LogP contribution in [0.1, 0.15) is 29.4 Å². The van der Waals surface area contributed by atoms with Crippen LogP contribution in [0.5, 0.6) is 5.75 Å². The molecular weight excluding hydrogens is 190 g/mol. The molecule has 0 radical (unpaired) electrons. The first-order valence-electron chi connectivity index (χ1n) is 5.08. The number of rotatable bonds is 2. The van der Waals surface area contributed by atoms with Crippen molar-refractivity contribution in [2.24, 2.45) is 10.7 Å². The Morgan fingerprint density at radius 1 is 1.40 bits per heavy atom. The summed E-state index contributed by atoms with van der Waals surface area (Å²) < 4.78 is 5.57. The van der Waals surface area contributed by atoms with Gasteiger partial charge in [-0.05, 0) is 20.8 Å². The fraction of sp³-hybridized carbons (Fsp3) is 0.455. The molecule has 0 aliphatic carbocycles. The van der Waals surface area contributed by atoms with E-state index in [1.165, 1.54) is 0 Å². The van der Waals surface area contributed by atoms with Gasteiger partial charge in [-0.15, -0.1) is 0 Å². The van der Waals surface area contributed by atoms with E-state index in [-0.39, 0.29) is 0 Å². The Balaban J connectivity index is 2.56. The van der Waals surface area contributed by atoms with Crippen LogP contribution in [0.25, 0.3) is 0 Å². The molecule has 0 amide bonds. The Bertz CT molecular complexity index is 438. The number of nitrogens with zero attached hydrogens (tertiary/aromatic N) is 2. The van der Waals surface area contributed by atoms with E-state index in [0.29, 0.717) is 19.0 Å². The van der Waals surface area contributed by atoms with Crippen LogP contribution in [0.15, 0.2) is 4.99 Å². The largest absolute Gasteiger partial charge is 0.492 e. The van der Waals surface area contributed by atoms with Crippen molar-refractivity contribution in [1.82, 2.24) is 4.98 Å². The monoisotopic (exact) mass is 205 g/mol. The number of pyridine rings is 1. The van der Waals surface area contributed by atoms with Crippen molar-refractivity contribution in [3.63, 3.8) is 0 Å². The minimum atomic E-state index is 0.541. The molecule has 0 saturated carbocycles. The van der Waals surface area contributed by atoms with Crippen molar-refractivity contribution >= 4 is 5.84 Å². The van der Waals surface area contributed by atoms with Crippen LogP contribution in [-0.2, 0) is 6.54 Å². The van der Waals surface area contributed by atoms with Gasteiger partial charge in [0.2, 0.25) is 0 Å². The second-order valence-electron chi connectivity index (χ2n) is 3.61. The fourth-order valence-corrected chi connectivity index (χ4v) is 1.87. The molecule has 2 heterocycles. The standard InChI is InChI=1S/C11H15N3O/c1-4-15-10-6(2)8-5-13-11(12)9(8)14-7(10)3/h4-5H2,1-3H3,(H2,12,13). The topological polar surface area (TPSA) is 60.5 Å². The van der Waals surface area contributed by atoms with E-state index in [4.69, 9.17) is 10.5 Å². The number of nitrogens with two attached hydrogens (primary N) is 1. The van der Waals surface area contributed by atoms with Crippen molar-refractivity contribution in [3.8, 4) is 5.75 Å². The average Bonchev–Trinajstić information content (AvgIpc) is 2.55. The number of aryl methyl sites for hydroxylation is 1. The highest BCUT2D eigenvalue weighted by Gasteiger charge is 2.21. The van der Waals surface area contributed by atoms with Crippen molar-refractivity contribution in [3.05, 3.63) is 22.5 Å². The van der Waals surface area contributed by atoms with E-state index in [1.54, 1.807) is 0 Å². The van der Waals surface area contributed by atoms with Gasteiger partial charge in [0.1, 0.15) is 17.3 Å². The Morgan fingerprint density at radius 3 is 2.80 bits per heavy atom. The molecule has 0 saturated heterocycles. The summed E-state index contributed by atoms with van der Waals surface area (Å²) in [6, 6.07) is 0. The van der Waals surface area contributed by atoms with Crippen molar-refractivity contribution < 1.29 is 4.74 Å². The minimum Gasteiger partial charge on any atom is -0.492 e. The maximum atomic E-state index is 5.75. The van der Waals surface area contributed by atoms with Gasteiger partial charge in [0.25, 0.3) is 0 Å². The summed E-state index contributed by atoms with van der Waals surface area (Å²) in [7, 11) is 0. The van der Waals surface area contributed by atoms with Crippen LogP contribution < -0.4 is 10.5 Å². The number of hydrogen-bond donors (Lipinski definition) is 1. The van der Waals surface area contributed by atoms with E-state index in [0.717, 1.165) is 28.3 Å². The number of fused-ring (bicyclic) bond motifs is 1. The molecule has 0 unspecified atom stereocenters. The number of aliphatic imine (C=N–C) groups is 1. The molecule has 0 spiro atoms. The Labute approximate surface area is 89.2 Å². The molecule has 0 bridgehead atoms. The summed E-state index contributed by atoms with van der Waals surface area (Å²) in [5.74, 6) is 1.42. The van der Waals surface area contributed by atoms with Crippen LogP contribution in [0.2, 0.25) is 0 Å². The predicted molar refractivity (Wildman–Crippen MR) is 59.3 cm³/mol. The van der Waals surface area contributed by atoms with Crippen LogP contribution >= 0.6 is 0 Å². The molecule has 0 atom stereocenters. The van der Waals surface area contributed by atoms with Crippen molar-refractivity contribution in [2.75, 3.05) is 6.61 Å². The van der Waals surface area contributed by atoms with Gasteiger partial charge in [0.15, 0.2) is 0 Å². The fourth-order valence-electron chi connectivity index (χ4n) is 1.87. The zero-order valence-corrected chi connectivity index (χ0v) is 9.29. The number of hydrogen-bond acceptors (Lipinski definition) is 4. The van der Waals surface area contributed by atoms with Crippen LogP contribution in [0, 0.1) is 13.8 Å². The third-order valence-corrected chi connectivity index (χ3v) is 2.63. The smallest absolute Gasteiger partial charge is 0.145 e. The third kappa shape index (κ3) is 1.46. The van der Waals surface area contributed by atoms with Gasteiger partial charge in [-0.1, -0.05) is 0 Å². The van der Waals surface area contributed by atoms with E-state index >= 15 is 0 Å². The molecule has 80 valence electrons. The van der Waals surface area contributed by atoms with Gasteiger partial charge in [-0.3, -0.25) is 4.99 Å². The highest BCUT2D eigenvalue weighted by atomic mass is 16.5. The van der Waals surface area contributed by atoms with Gasteiger partial charge < -0.3 is 10.5 Å². The Kier molecular flexibility index (Phi) is 2.34. The lowest BCUT2D eigenvalue weighted by molar-refractivity contribution is 0.333. The SMILES string of the molecule is CCOc1c(C)nc2c(c1C)CN=C2N. The predicted octanol–water partition coefficient (Wildman–Crippen LogP) is 1.32. The summed E-state index contributed by atoms with van der Waals surface area (Å²) in [5.41, 5.74) is 9.68. The first kappa shape index (κ1) is 9.96. The molecule has 0 fully saturated rings. The highest BCUT2D eigenvalue weighted by molar-refractivity contribution is 5.99. The van der Waals surface area contributed by atoms with E-state index in [9.17, 15) is 0 Å². The molecule has 4 heteroatoms. The lowest BCUT2D eigenvalue weighted by Crippen LogP contribution is -2.14. The van der Waals surface area contributed by atoms with Gasteiger partial charge in [0.05, 0.1) is 18.8 Å². The number of aromatic nitrogens is 1. The second-order valence-corrected chi connectivity index (χ2v) is 3.61. The maximum Gasteiger partial charge on any atom is 0.145 e. The Hall–Kier alpha value is -1.58. The van der Waals surface area contributed by atoms with E-state index in [2.05, 4.69) is 9.98 Å². The lowest BCUT2D eigenvalue weighted by Gasteiger charge is -2.13. The van der Waals surface area contributed by atoms with Gasteiger partial charge in [-0.25, -0.2) is 4.98 Å². The first-order valence-corrected chi connectivity index (χ1v) is 5.08. The molecule has 1 aliphatic rings. The lowest BCUT2D eigenvalue weighted by atomic mass is 10.1. The number of ether oxygens (including phenoxy) is 1. The van der Waals surface area contributed by atoms with Crippen LogP contribution in [-0.4, -0.2) is 17.4 Å². The first-order chi connectivity index (χ1) is 7.15. The summed E-state index contributed by atoms with van der Waals surface area (Å²) >= 11 is 0. The molecule has 2 rings (SSSR count). The zero-order valence-electron chi connectivity index (χ0n) is 9.29. The second kappa shape index (κ2) is 3.53. The van der Waals surface area contributed by atoms with E-state index < -0.39 is 0 Å². The summed E-state index contributed by atoms with van der Waals surface area (Å²) in [5, 5.41) is 0. The summed E-state index contributed by atoms with van der Waals surface area (Å²) in [6.07, 6.45) is 0. The normalized spacial score (nSPS) is 13.7. The molecule has 1 aromatic rings. The van der Waals surface area contributed by atoms with Gasteiger partial charge in [-0.2, -0.15) is 0 Å². The maximum absolute atomic E-state index is 5.75. The average molecular weight is 205 g/mol. The van der Waals surface area contributed by atoms with E-state index in [1.807, 2.05) is 20.8 Å². The number of amidine groups is 1. The van der Waals surface area contributed by atoms with Crippen molar-refractivity contribution in [2.45, 2.75) is 27.3 Å². The molecule has 15 heavy (non-hydrogen) atoms. The quantitative estimate of drug-likeness (QED) is 0.792. The highest BCUT2D eigenvalue weighted by Crippen LogP contribution is 2.29. The molecule has 1 aliphatic heterocycles. The van der Waals surface area contributed by atoms with Gasteiger partial charge in [0, 0.05) is 11.1 Å². The van der Waals surface area contributed by atoms with Crippen LogP contribution in [0.4, 0.5) is 0 Å². The van der Waals surface area contributed by atoms with Crippen LogP contribution in [0.3, 0.4) is 0 Å². The summed E-state index contributed by atoms with van der Waals surface area (Å²) in [6.45, 7) is 7.21. The molecular formula is C11H15N3O. The molecule has 2 N–H and O–H groups in total. The Morgan fingerprint density at radius 2 is 2.13 bits per heavy atom. The molecule has 0 aromatic carbocycles. The molecule has 1 aromatic heterocycles. The van der Waals surface area contributed by atoms with Gasteiger partial charge >= 0.3 is 0 Å². The third-order valence-electron chi connectivity index (χ3n) is 2.63. The molecule has 4 nitrogen and oxygen atoms in total. The van der Waals surface area contributed by atoms with Crippen molar-refractivity contribution in [1.29, 1.82) is 0 Å².